The van der Waals surface area contributed by atoms with Crippen molar-refractivity contribution in [1.82, 2.24) is 4.98 Å². The number of anilines is 1. The Morgan fingerprint density at radius 1 is 1.33 bits per heavy atom. The second-order valence-corrected chi connectivity index (χ2v) is 6.85. The van der Waals surface area contributed by atoms with Gasteiger partial charge in [0.15, 0.2) is 0 Å². The molecule has 2 amide bonds. The average Bonchev–Trinajstić information content (AvgIpc) is 2.34. The lowest BCUT2D eigenvalue weighted by atomic mass is 10.3. The maximum atomic E-state index is 11.8. The van der Waals surface area contributed by atoms with E-state index in [2.05, 4.69) is 9.38 Å². The molecule has 0 aromatic carbocycles. The second-order valence-electron chi connectivity index (χ2n) is 4.92. The van der Waals surface area contributed by atoms with Crippen molar-refractivity contribution in [2.24, 2.45) is 4.40 Å². The fourth-order valence-corrected chi connectivity index (χ4v) is 1.69. The summed E-state index contributed by atoms with van der Waals surface area (Å²) in [5.74, 6) is -0.277. The summed E-state index contributed by atoms with van der Waals surface area (Å²) in [4.78, 5) is 25.7. The molecular formula is C12H15N3O5S. The Morgan fingerprint density at radius 3 is 2.38 bits per heavy atom. The number of rotatable bonds is 3. The molecular weight excluding hydrogens is 298 g/mol. The molecule has 1 aromatic rings. The Kier molecular flexibility index (Phi) is 5.28. The Bertz CT molecular complexity index is 556. The summed E-state index contributed by atoms with van der Waals surface area (Å²) in [6.07, 6.45) is -2.11. The predicted octanol–water partition coefficient (Wildman–Crippen LogP) is 2.13. The van der Waals surface area contributed by atoms with Gasteiger partial charge in [0.05, 0.1) is 5.69 Å². The molecule has 0 bridgehead atoms. The minimum absolute atomic E-state index is 0.0814. The van der Waals surface area contributed by atoms with E-state index in [9.17, 15) is 14.1 Å². The van der Waals surface area contributed by atoms with Crippen molar-refractivity contribution in [3.63, 3.8) is 0 Å². The Labute approximate surface area is 124 Å². The molecule has 21 heavy (non-hydrogen) atoms. The Hall–Kier alpha value is -2.13. The first-order valence-corrected chi connectivity index (χ1v) is 6.92. The molecule has 1 atom stereocenters. The first kappa shape index (κ1) is 16.9. The van der Waals surface area contributed by atoms with Crippen LogP contribution in [-0.2, 0) is 11.4 Å². The van der Waals surface area contributed by atoms with E-state index in [0.717, 1.165) is 0 Å². The summed E-state index contributed by atoms with van der Waals surface area (Å²) < 4.78 is 15.0. The molecule has 1 heterocycles. The molecule has 8 nitrogen and oxygen atoms in total. The monoisotopic (exact) mass is 313 g/mol. The summed E-state index contributed by atoms with van der Waals surface area (Å²) in [5, 5.41) is 17.7. The zero-order valence-corrected chi connectivity index (χ0v) is 12.5. The van der Waals surface area contributed by atoms with Crippen LogP contribution in [0.4, 0.5) is 15.4 Å². The zero-order valence-electron chi connectivity index (χ0n) is 11.7. The first-order valence-electron chi connectivity index (χ1n) is 5.82. The zero-order chi connectivity index (χ0) is 16.2. The van der Waals surface area contributed by atoms with Gasteiger partial charge in [-0.2, -0.15) is 4.90 Å². The maximum absolute atomic E-state index is 11.8. The van der Waals surface area contributed by atoms with E-state index in [4.69, 9.17) is 10.2 Å². The fraction of sp³-hybridized carbons (Fsp3) is 0.333. The molecule has 0 saturated carbocycles. The highest BCUT2D eigenvalue weighted by Crippen LogP contribution is 2.17. The maximum Gasteiger partial charge on any atom is 0.422 e. The number of hydrogen-bond acceptors (Lipinski definition) is 5. The first-order chi connectivity index (χ1) is 9.62. The average molecular weight is 313 g/mol. The van der Waals surface area contributed by atoms with Crippen LogP contribution in [0.15, 0.2) is 22.6 Å². The van der Waals surface area contributed by atoms with Crippen LogP contribution in [0.3, 0.4) is 0 Å². The molecule has 9 heteroatoms. The van der Waals surface area contributed by atoms with Crippen LogP contribution in [0.25, 0.3) is 0 Å². The van der Waals surface area contributed by atoms with Crippen molar-refractivity contribution < 1.29 is 24.4 Å². The van der Waals surface area contributed by atoms with Gasteiger partial charge < -0.3 is 14.8 Å². The molecule has 2 N–H and O–H groups in total. The van der Waals surface area contributed by atoms with Crippen molar-refractivity contribution >= 4 is 35.6 Å². The van der Waals surface area contributed by atoms with E-state index in [1.165, 1.54) is 24.4 Å². The van der Waals surface area contributed by atoms with Crippen LogP contribution in [0.1, 0.15) is 26.5 Å². The summed E-state index contributed by atoms with van der Waals surface area (Å²) in [6.45, 7) is 5.25. The summed E-state index contributed by atoms with van der Waals surface area (Å²) in [6, 6.07) is 4.16. The smallest absolute Gasteiger partial charge is 0.422 e. The van der Waals surface area contributed by atoms with Gasteiger partial charge >= 0.3 is 12.2 Å². The second kappa shape index (κ2) is 6.55. The third-order valence-corrected chi connectivity index (χ3v) is 3.52. The Balaban J connectivity index is 3.03. The lowest BCUT2D eigenvalue weighted by Gasteiger charge is -2.17. The SMILES string of the molecule is CC(C)(C)[S+]([O-])/N=C/c1cccc(N(C(=O)O)C(=O)O)n1. The van der Waals surface area contributed by atoms with Crippen LogP contribution in [0, 0.1) is 0 Å². The molecule has 0 spiro atoms. The molecule has 0 aliphatic heterocycles. The van der Waals surface area contributed by atoms with Gasteiger partial charge in [-0.3, -0.25) is 0 Å². The van der Waals surface area contributed by atoms with Crippen LogP contribution >= 0.6 is 0 Å². The van der Waals surface area contributed by atoms with Crippen LogP contribution < -0.4 is 4.90 Å². The van der Waals surface area contributed by atoms with Gasteiger partial charge in [0.2, 0.25) is 0 Å². The highest BCUT2D eigenvalue weighted by Gasteiger charge is 2.26. The van der Waals surface area contributed by atoms with Gasteiger partial charge in [-0.1, -0.05) is 10.5 Å². The van der Waals surface area contributed by atoms with E-state index < -0.39 is 28.3 Å². The molecule has 1 rings (SSSR count). The van der Waals surface area contributed by atoms with Crippen LogP contribution in [0.5, 0.6) is 0 Å². The quantitative estimate of drug-likeness (QED) is 0.650. The van der Waals surface area contributed by atoms with E-state index in [1.807, 2.05) is 0 Å². The van der Waals surface area contributed by atoms with E-state index in [-0.39, 0.29) is 16.4 Å². The predicted molar refractivity (Wildman–Crippen MR) is 78.3 cm³/mol. The largest absolute Gasteiger partial charge is 0.591 e. The van der Waals surface area contributed by atoms with Crippen LogP contribution in [0.2, 0.25) is 0 Å². The number of pyridine rings is 1. The van der Waals surface area contributed by atoms with Crippen molar-refractivity contribution in [3.8, 4) is 0 Å². The third-order valence-electron chi connectivity index (χ3n) is 2.17. The van der Waals surface area contributed by atoms with Crippen molar-refractivity contribution in [2.45, 2.75) is 25.5 Å². The fourth-order valence-electron chi connectivity index (χ4n) is 1.17. The normalized spacial score (nSPS) is 13.1. The van der Waals surface area contributed by atoms with E-state index >= 15 is 0 Å². The molecule has 0 fully saturated rings. The number of imide groups is 1. The minimum Gasteiger partial charge on any atom is -0.591 e. The summed E-state index contributed by atoms with van der Waals surface area (Å²) >= 11 is -1.49. The summed E-state index contributed by atoms with van der Waals surface area (Å²) in [5.41, 5.74) is 0.206. The highest BCUT2D eigenvalue weighted by molar-refractivity contribution is 7.91. The number of nitrogens with zero attached hydrogens (tertiary/aromatic N) is 3. The standard InChI is InChI=1S/C12H15N3O5S/c1-12(2,3)21(20)13-7-8-5-4-6-9(14-8)15(10(16)17)11(18)19/h4-7H,1-3H3,(H,16,17)(H,18,19)/b13-7+. The highest BCUT2D eigenvalue weighted by atomic mass is 32.2. The lowest BCUT2D eigenvalue weighted by molar-refractivity contribution is 0.184. The van der Waals surface area contributed by atoms with Crippen molar-refractivity contribution in [2.75, 3.05) is 4.90 Å². The van der Waals surface area contributed by atoms with Gasteiger partial charge in [0.1, 0.15) is 28.1 Å². The number of aromatic nitrogens is 1. The molecule has 0 aliphatic rings. The van der Waals surface area contributed by atoms with E-state index in [1.54, 1.807) is 20.8 Å². The van der Waals surface area contributed by atoms with Crippen molar-refractivity contribution in [1.29, 1.82) is 0 Å². The van der Waals surface area contributed by atoms with Gasteiger partial charge in [-0.25, -0.2) is 14.6 Å². The molecule has 0 aliphatic carbocycles. The van der Waals surface area contributed by atoms with Crippen LogP contribution in [-0.4, -0.2) is 42.9 Å². The minimum atomic E-state index is -1.66. The molecule has 0 saturated heterocycles. The lowest BCUT2D eigenvalue weighted by Crippen LogP contribution is -2.35. The van der Waals surface area contributed by atoms with Gasteiger partial charge in [0, 0.05) is 0 Å². The summed E-state index contributed by atoms with van der Waals surface area (Å²) in [7, 11) is 0. The molecule has 1 unspecified atom stereocenters. The van der Waals surface area contributed by atoms with E-state index in [0.29, 0.717) is 0 Å². The topological polar surface area (TPSA) is 126 Å². The molecule has 114 valence electrons. The molecule has 1 aromatic heterocycles. The number of carboxylic acid groups (broad SMARTS) is 2. The van der Waals surface area contributed by atoms with Gasteiger partial charge in [0.25, 0.3) is 0 Å². The number of amides is 2. The van der Waals surface area contributed by atoms with Gasteiger partial charge in [-0.15, -0.1) is 0 Å². The third kappa shape index (κ3) is 4.72. The molecule has 0 radical (unpaired) electrons. The van der Waals surface area contributed by atoms with Crippen molar-refractivity contribution in [3.05, 3.63) is 23.9 Å². The number of carbonyl (C=O) groups is 2. The van der Waals surface area contributed by atoms with Gasteiger partial charge in [-0.05, 0) is 32.9 Å². The number of hydrogen-bond donors (Lipinski definition) is 2. The Morgan fingerprint density at radius 2 is 1.90 bits per heavy atom.